The largest absolute Gasteiger partial charge is 0.506 e. The van der Waals surface area contributed by atoms with Crippen molar-refractivity contribution in [1.29, 1.82) is 0 Å². The van der Waals surface area contributed by atoms with Gasteiger partial charge in [-0.25, -0.2) is 4.79 Å². The Kier molecular flexibility index (Phi) is 7.36. The number of phenols is 1. The number of phenolic OH excluding ortho intramolecular Hbond substituents is 1. The predicted molar refractivity (Wildman–Crippen MR) is 174 cm³/mol. The zero-order valence-electron chi connectivity index (χ0n) is 28.0. The summed E-state index contributed by atoms with van der Waals surface area (Å²) in [6.45, 7) is 15.4. The molecule has 8 nitrogen and oxygen atoms in total. The lowest BCUT2D eigenvalue weighted by Gasteiger charge is -2.56. The highest BCUT2D eigenvalue weighted by atomic mass is 16.6. The van der Waals surface area contributed by atoms with Crippen LogP contribution < -0.4 is 9.47 Å². The molecule has 4 bridgehead atoms. The molecule has 1 spiro atoms. The molecule has 2 fully saturated rings. The van der Waals surface area contributed by atoms with Crippen LogP contribution in [0.25, 0.3) is 6.08 Å². The summed E-state index contributed by atoms with van der Waals surface area (Å²) in [6, 6.07) is 0. The number of ether oxygens (including phenoxy) is 3. The van der Waals surface area contributed by atoms with Gasteiger partial charge in [-0.2, -0.15) is 0 Å². The minimum atomic E-state index is -1.63. The second kappa shape index (κ2) is 10.6. The van der Waals surface area contributed by atoms with Gasteiger partial charge in [0.1, 0.15) is 28.4 Å². The van der Waals surface area contributed by atoms with Gasteiger partial charge in [0, 0.05) is 35.0 Å². The van der Waals surface area contributed by atoms with Gasteiger partial charge in [-0.05, 0) is 93.2 Å². The molecule has 1 aromatic carbocycles. The number of carboxylic acid groups (broad SMARTS) is 1. The van der Waals surface area contributed by atoms with Gasteiger partial charge < -0.3 is 24.4 Å². The van der Waals surface area contributed by atoms with Crippen molar-refractivity contribution < 1.29 is 38.8 Å². The van der Waals surface area contributed by atoms with Crippen LogP contribution in [0.5, 0.6) is 17.2 Å². The maximum absolute atomic E-state index is 14.7. The van der Waals surface area contributed by atoms with Crippen LogP contribution in [-0.4, -0.2) is 50.2 Å². The molecule has 0 unspecified atom stereocenters. The molecule has 5 atom stereocenters. The molecule has 3 heterocycles. The van der Waals surface area contributed by atoms with Crippen LogP contribution in [0.2, 0.25) is 0 Å². The van der Waals surface area contributed by atoms with E-state index in [1.807, 2.05) is 52.8 Å². The van der Waals surface area contributed by atoms with Gasteiger partial charge in [0.2, 0.25) is 0 Å². The fourth-order valence-electron chi connectivity index (χ4n) is 8.17. The lowest BCUT2D eigenvalue weighted by molar-refractivity contribution is -0.171. The molecule has 244 valence electrons. The number of carbonyl (C=O) groups is 3. The maximum Gasteiger partial charge on any atom is 0.330 e. The number of Topliss-reactive ketones (excluding diaryl/α,β-unsaturated/α-hetero) is 2. The van der Waals surface area contributed by atoms with E-state index in [1.165, 1.54) is 18.6 Å². The summed E-state index contributed by atoms with van der Waals surface area (Å²) in [6.07, 6.45) is 13.4. The number of aliphatic carboxylic acids is 1. The smallest absolute Gasteiger partial charge is 0.330 e. The molecule has 1 saturated heterocycles. The van der Waals surface area contributed by atoms with Crippen LogP contribution in [0.1, 0.15) is 103 Å². The Morgan fingerprint density at radius 3 is 2.35 bits per heavy atom. The summed E-state index contributed by atoms with van der Waals surface area (Å²) < 4.78 is 20.6. The summed E-state index contributed by atoms with van der Waals surface area (Å²) >= 11 is 0. The lowest BCUT2D eigenvalue weighted by Crippen LogP contribution is -2.72. The highest BCUT2D eigenvalue weighted by Crippen LogP contribution is 2.68. The second-order valence-corrected chi connectivity index (χ2v) is 14.8. The van der Waals surface area contributed by atoms with Crippen LogP contribution in [0.4, 0.5) is 0 Å². The van der Waals surface area contributed by atoms with Crippen molar-refractivity contribution in [2.24, 2.45) is 11.8 Å². The van der Waals surface area contributed by atoms with Crippen LogP contribution in [0.15, 0.2) is 52.7 Å². The Bertz CT molecular complexity index is 1730. The van der Waals surface area contributed by atoms with Gasteiger partial charge in [-0.15, -0.1) is 0 Å². The predicted octanol–water partition coefficient (Wildman–Crippen LogP) is 7.24. The number of fused-ring (bicyclic) bond motifs is 2. The average molecular weight is 629 g/mol. The number of ketones is 2. The molecule has 3 aliphatic heterocycles. The normalized spacial score (nSPS) is 31.2. The van der Waals surface area contributed by atoms with Gasteiger partial charge in [0.25, 0.3) is 0 Å². The molecule has 0 amide bonds. The van der Waals surface area contributed by atoms with E-state index in [9.17, 15) is 24.6 Å². The summed E-state index contributed by atoms with van der Waals surface area (Å²) in [4.78, 5) is 40.8. The average Bonchev–Trinajstić information content (AvgIpc) is 3.12. The third-order valence-electron chi connectivity index (χ3n) is 10.5. The molecular formula is C38H44O8. The third kappa shape index (κ3) is 4.47. The summed E-state index contributed by atoms with van der Waals surface area (Å²) in [5, 5.41) is 21.4. The van der Waals surface area contributed by atoms with Crippen molar-refractivity contribution in [2.45, 2.75) is 110 Å². The molecule has 7 rings (SSSR count). The summed E-state index contributed by atoms with van der Waals surface area (Å²) in [7, 11) is 0. The Labute approximate surface area is 270 Å². The van der Waals surface area contributed by atoms with E-state index in [-0.39, 0.29) is 40.8 Å². The number of allylic oxidation sites excluding steroid dienone is 5. The highest BCUT2D eigenvalue weighted by Gasteiger charge is 2.81. The van der Waals surface area contributed by atoms with Crippen LogP contribution in [0.3, 0.4) is 0 Å². The molecule has 6 aliphatic rings. The van der Waals surface area contributed by atoms with Crippen molar-refractivity contribution >= 4 is 23.6 Å². The van der Waals surface area contributed by atoms with E-state index < -0.39 is 40.1 Å². The van der Waals surface area contributed by atoms with Gasteiger partial charge in [0.15, 0.2) is 22.8 Å². The van der Waals surface area contributed by atoms with E-state index in [2.05, 4.69) is 19.9 Å². The number of carbonyl (C=O) groups excluding carboxylic acids is 2. The number of aromatic hydroxyl groups is 1. The Balaban J connectivity index is 1.59. The molecule has 0 radical (unpaired) electrons. The molecule has 8 heteroatoms. The van der Waals surface area contributed by atoms with E-state index in [4.69, 9.17) is 14.2 Å². The fraction of sp³-hybridized carbons (Fsp3) is 0.500. The van der Waals surface area contributed by atoms with Gasteiger partial charge in [-0.1, -0.05) is 35.5 Å². The van der Waals surface area contributed by atoms with Crippen molar-refractivity contribution in [1.82, 2.24) is 0 Å². The van der Waals surface area contributed by atoms with E-state index >= 15 is 0 Å². The van der Waals surface area contributed by atoms with Gasteiger partial charge in [-0.3, -0.25) is 9.59 Å². The molecule has 2 N–H and O–H groups in total. The molecule has 1 aromatic rings. The standard InChI is InChI=1S/C38H44O8/c1-20(2)10-9-15-36(8)16-14-24-29(39)28-30(40)26-18-23-19-27-35(6,7)46-37(33(23)41,17-13-22(5)34(42)43)38(26,27)45-32(28)25(31(24)44-36)12-11-21(3)4/h10-11,13-14,16,18,23,27,39H,9,12,15,17,19H2,1-8H3,(H,42,43)/b22-13-/t23-,27-,36-,37-,38-/m0/s1. The van der Waals surface area contributed by atoms with Crippen molar-refractivity contribution in [3.63, 3.8) is 0 Å². The van der Waals surface area contributed by atoms with Gasteiger partial charge in [0.05, 0.1) is 11.2 Å². The van der Waals surface area contributed by atoms with E-state index in [0.717, 1.165) is 12.0 Å². The first kappa shape index (κ1) is 32.0. The van der Waals surface area contributed by atoms with Gasteiger partial charge >= 0.3 is 5.97 Å². The molecular weight excluding hydrogens is 584 g/mol. The Morgan fingerprint density at radius 2 is 1.70 bits per heavy atom. The van der Waals surface area contributed by atoms with Crippen LogP contribution >= 0.6 is 0 Å². The minimum absolute atomic E-state index is 0.0544. The molecule has 0 aromatic heterocycles. The highest BCUT2D eigenvalue weighted by molar-refractivity contribution is 6.19. The van der Waals surface area contributed by atoms with Crippen LogP contribution in [-0.2, 0) is 20.7 Å². The SMILES string of the molecule is CC(C)=CCC[C@@]1(C)C=Cc2c(O)c3c(c(CC=C(C)C)c2O1)O[C@@]12C(=C[C@H]4C[C@H]1C(C)(C)O[C@@]2(C/C=C(/C)C(=O)O)C4=O)C3=O. The number of carboxylic acids is 1. The second-order valence-electron chi connectivity index (χ2n) is 14.8. The van der Waals surface area contributed by atoms with Crippen molar-refractivity contribution in [3.05, 3.63) is 69.4 Å². The van der Waals surface area contributed by atoms with E-state index in [1.54, 1.807) is 6.08 Å². The topological polar surface area (TPSA) is 119 Å². The fourth-order valence-corrected chi connectivity index (χ4v) is 8.17. The monoisotopic (exact) mass is 628 g/mol. The first-order valence-corrected chi connectivity index (χ1v) is 16.2. The third-order valence-corrected chi connectivity index (χ3v) is 10.5. The minimum Gasteiger partial charge on any atom is -0.506 e. The van der Waals surface area contributed by atoms with E-state index in [0.29, 0.717) is 41.7 Å². The first-order chi connectivity index (χ1) is 21.5. The zero-order valence-corrected chi connectivity index (χ0v) is 28.0. The number of hydrogen-bond acceptors (Lipinski definition) is 7. The van der Waals surface area contributed by atoms with Crippen molar-refractivity contribution in [3.8, 4) is 17.2 Å². The molecule has 1 saturated carbocycles. The Hall–Kier alpha value is -3.91. The zero-order chi connectivity index (χ0) is 33.6. The van der Waals surface area contributed by atoms with Crippen molar-refractivity contribution in [2.75, 3.05) is 0 Å². The Morgan fingerprint density at radius 1 is 1.00 bits per heavy atom. The maximum atomic E-state index is 14.7. The van der Waals surface area contributed by atoms with Crippen LogP contribution in [0, 0.1) is 11.8 Å². The summed E-state index contributed by atoms with van der Waals surface area (Å²) in [5.41, 5.74) is -0.952. The number of hydrogen-bond donors (Lipinski definition) is 2. The molecule has 3 aliphatic carbocycles. The lowest BCUT2D eigenvalue weighted by atomic mass is 9.51. The molecule has 46 heavy (non-hydrogen) atoms. The summed E-state index contributed by atoms with van der Waals surface area (Å²) in [5.74, 6) is -2.28. The number of rotatable bonds is 8. The number of benzene rings is 1. The quantitative estimate of drug-likeness (QED) is 0.228. The first-order valence-electron chi connectivity index (χ1n) is 16.2.